The number of hydrogen-bond donors (Lipinski definition) is 2. The molecule has 0 unspecified atom stereocenters. The van der Waals surface area contributed by atoms with Crippen molar-refractivity contribution in [2.24, 2.45) is 0 Å². The molecular weight excluding hydrogens is 266 g/mol. The Morgan fingerprint density at radius 1 is 1.29 bits per heavy atom. The lowest BCUT2D eigenvalue weighted by Crippen LogP contribution is -2.13. The van der Waals surface area contributed by atoms with E-state index in [1.165, 1.54) is 19.0 Å². The summed E-state index contributed by atoms with van der Waals surface area (Å²) in [5.41, 5.74) is 1.20. The lowest BCUT2D eigenvalue weighted by molar-refractivity contribution is 0.102. The van der Waals surface area contributed by atoms with Crippen molar-refractivity contribution < 1.29 is 9.53 Å². The molecule has 2 N–H and O–H groups in total. The molecule has 1 aromatic carbocycles. The molecular formula is C16H19N3O2. The van der Waals surface area contributed by atoms with Gasteiger partial charge in [-0.05, 0) is 56.9 Å². The molecule has 0 bridgehead atoms. The Bertz CT molecular complexity index is 613. The summed E-state index contributed by atoms with van der Waals surface area (Å²) in [6.45, 7) is 1.81. The predicted molar refractivity (Wildman–Crippen MR) is 80.6 cm³/mol. The summed E-state index contributed by atoms with van der Waals surface area (Å²) in [6.07, 6.45) is 6.65. The second-order valence-electron chi connectivity index (χ2n) is 5.39. The SMILES string of the molecule is Cc1ncc(C(=O)Nc2ccc(OC3CCCC3)cc2)[nH]1. The molecule has 0 atom stereocenters. The Kier molecular flexibility index (Phi) is 3.90. The molecule has 5 heteroatoms. The first-order valence-corrected chi connectivity index (χ1v) is 7.30. The van der Waals surface area contributed by atoms with E-state index in [1.807, 2.05) is 31.2 Å². The average molecular weight is 285 g/mol. The molecule has 1 amide bonds. The number of aromatic nitrogens is 2. The number of H-pyrrole nitrogens is 1. The highest BCUT2D eigenvalue weighted by Gasteiger charge is 2.16. The van der Waals surface area contributed by atoms with Gasteiger partial charge in [0.15, 0.2) is 0 Å². The molecule has 21 heavy (non-hydrogen) atoms. The number of benzene rings is 1. The summed E-state index contributed by atoms with van der Waals surface area (Å²) >= 11 is 0. The van der Waals surface area contributed by atoms with Gasteiger partial charge in [0.1, 0.15) is 17.3 Å². The summed E-state index contributed by atoms with van der Waals surface area (Å²) in [4.78, 5) is 18.9. The minimum Gasteiger partial charge on any atom is -0.490 e. The van der Waals surface area contributed by atoms with E-state index in [0.29, 0.717) is 11.8 Å². The topological polar surface area (TPSA) is 67.0 Å². The third-order valence-electron chi connectivity index (χ3n) is 3.66. The molecule has 0 aliphatic heterocycles. The molecule has 1 aromatic heterocycles. The van der Waals surface area contributed by atoms with Crippen LogP contribution in [-0.4, -0.2) is 22.0 Å². The number of anilines is 1. The maximum atomic E-state index is 12.0. The second kappa shape index (κ2) is 5.99. The van der Waals surface area contributed by atoms with E-state index >= 15 is 0 Å². The van der Waals surface area contributed by atoms with Gasteiger partial charge in [-0.3, -0.25) is 4.79 Å². The minimum absolute atomic E-state index is 0.194. The summed E-state index contributed by atoms with van der Waals surface area (Å²) in [5.74, 6) is 1.39. The number of carbonyl (C=O) groups is 1. The van der Waals surface area contributed by atoms with Crippen LogP contribution in [0.4, 0.5) is 5.69 Å². The lowest BCUT2D eigenvalue weighted by atomic mass is 10.2. The fourth-order valence-electron chi connectivity index (χ4n) is 2.55. The van der Waals surface area contributed by atoms with Gasteiger partial charge in [-0.1, -0.05) is 0 Å². The van der Waals surface area contributed by atoms with Crippen LogP contribution in [0.1, 0.15) is 42.0 Å². The van der Waals surface area contributed by atoms with Crippen LogP contribution in [0.2, 0.25) is 0 Å². The molecule has 0 spiro atoms. The van der Waals surface area contributed by atoms with E-state index in [0.717, 1.165) is 30.1 Å². The maximum absolute atomic E-state index is 12.0. The van der Waals surface area contributed by atoms with E-state index in [-0.39, 0.29) is 5.91 Å². The van der Waals surface area contributed by atoms with Crippen LogP contribution in [0.25, 0.3) is 0 Å². The summed E-state index contributed by atoms with van der Waals surface area (Å²) < 4.78 is 5.89. The highest BCUT2D eigenvalue weighted by Crippen LogP contribution is 2.25. The average Bonchev–Trinajstić information content (AvgIpc) is 3.12. The van der Waals surface area contributed by atoms with Crippen LogP contribution in [0.5, 0.6) is 5.75 Å². The van der Waals surface area contributed by atoms with Crippen LogP contribution >= 0.6 is 0 Å². The molecule has 3 rings (SSSR count). The van der Waals surface area contributed by atoms with Crippen molar-refractivity contribution in [3.63, 3.8) is 0 Å². The molecule has 1 fully saturated rings. The summed E-state index contributed by atoms with van der Waals surface area (Å²) in [7, 11) is 0. The highest BCUT2D eigenvalue weighted by molar-refractivity contribution is 6.02. The zero-order valence-corrected chi connectivity index (χ0v) is 12.1. The number of aryl methyl sites for hydroxylation is 1. The van der Waals surface area contributed by atoms with Crippen molar-refractivity contribution in [3.05, 3.63) is 42.0 Å². The number of nitrogens with zero attached hydrogens (tertiary/aromatic N) is 1. The van der Waals surface area contributed by atoms with Gasteiger partial charge in [-0.15, -0.1) is 0 Å². The number of hydrogen-bond acceptors (Lipinski definition) is 3. The standard InChI is InChI=1S/C16H19N3O2/c1-11-17-10-15(18-11)16(20)19-12-6-8-14(9-7-12)21-13-4-2-3-5-13/h6-10,13H,2-5H2,1H3,(H,17,18)(H,19,20). The Morgan fingerprint density at radius 2 is 2.00 bits per heavy atom. The van der Waals surface area contributed by atoms with Gasteiger partial charge in [-0.2, -0.15) is 0 Å². The van der Waals surface area contributed by atoms with Crippen molar-refractivity contribution in [3.8, 4) is 5.75 Å². The van der Waals surface area contributed by atoms with E-state index in [1.54, 1.807) is 0 Å². The van der Waals surface area contributed by atoms with Crippen molar-refractivity contribution in [2.45, 2.75) is 38.7 Å². The van der Waals surface area contributed by atoms with Crippen molar-refractivity contribution >= 4 is 11.6 Å². The molecule has 1 aliphatic carbocycles. The first-order valence-electron chi connectivity index (χ1n) is 7.30. The van der Waals surface area contributed by atoms with Crippen LogP contribution in [0, 0.1) is 6.92 Å². The third-order valence-corrected chi connectivity index (χ3v) is 3.66. The van der Waals surface area contributed by atoms with Crippen LogP contribution < -0.4 is 10.1 Å². The normalized spacial score (nSPS) is 15.1. The zero-order chi connectivity index (χ0) is 14.7. The van der Waals surface area contributed by atoms with Gasteiger partial charge in [0.2, 0.25) is 0 Å². The minimum atomic E-state index is -0.194. The number of amides is 1. The largest absolute Gasteiger partial charge is 0.490 e. The quantitative estimate of drug-likeness (QED) is 0.905. The van der Waals surface area contributed by atoms with E-state index in [9.17, 15) is 4.79 Å². The van der Waals surface area contributed by atoms with E-state index in [2.05, 4.69) is 15.3 Å². The van der Waals surface area contributed by atoms with Gasteiger partial charge in [0, 0.05) is 5.69 Å². The van der Waals surface area contributed by atoms with Crippen molar-refractivity contribution in [1.29, 1.82) is 0 Å². The fourth-order valence-corrected chi connectivity index (χ4v) is 2.55. The van der Waals surface area contributed by atoms with Gasteiger partial charge in [0.05, 0.1) is 12.3 Å². The smallest absolute Gasteiger partial charge is 0.273 e. The van der Waals surface area contributed by atoms with E-state index in [4.69, 9.17) is 4.74 Å². The Morgan fingerprint density at radius 3 is 2.62 bits per heavy atom. The molecule has 110 valence electrons. The second-order valence-corrected chi connectivity index (χ2v) is 5.39. The monoisotopic (exact) mass is 285 g/mol. The number of imidazole rings is 1. The number of nitrogens with one attached hydrogen (secondary N) is 2. The number of ether oxygens (including phenoxy) is 1. The van der Waals surface area contributed by atoms with Crippen molar-refractivity contribution in [2.75, 3.05) is 5.32 Å². The highest BCUT2D eigenvalue weighted by atomic mass is 16.5. The molecule has 0 saturated heterocycles. The third kappa shape index (κ3) is 3.42. The van der Waals surface area contributed by atoms with Gasteiger partial charge in [-0.25, -0.2) is 4.98 Å². The molecule has 1 saturated carbocycles. The fraction of sp³-hybridized carbons (Fsp3) is 0.375. The maximum Gasteiger partial charge on any atom is 0.273 e. The van der Waals surface area contributed by atoms with E-state index < -0.39 is 0 Å². The van der Waals surface area contributed by atoms with Gasteiger partial charge in [0.25, 0.3) is 5.91 Å². The van der Waals surface area contributed by atoms with Crippen LogP contribution in [-0.2, 0) is 0 Å². The molecule has 1 aliphatic rings. The van der Waals surface area contributed by atoms with Crippen LogP contribution in [0.15, 0.2) is 30.5 Å². The number of aromatic amines is 1. The predicted octanol–water partition coefficient (Wildman–Crippen LogP) is 3.29. The molecule has 1 heterocycles. The molecule has 5 nitrogen and oxygen atoms in total. The Labute approximate surface area is 123 Å². The molecule has 0 radical (unpaired) electrons. The summed E-state index contributed by atoms with van der Waals surface area (Å²) in [5, 5.41) is 2.83. The Balaban J connectivity index is 1.60. The first-order chi connectivity index (χ1) is 10.2. The summed E-state index contributed by atoms with van der Waals surface area (Å²) in [6, 6.07) is 7.50. The number of carbonyl (C=O) groups excluding carboxylic acids is 1. The lowest BCUT2D eigenvalue weighted by Gasteiger charge is -2.13. The zero-order valence-electron chi connectivity index (χ0n) is 12.1. The first kappa shape index (κ1) is 13.7. The van der Waals surface area contributed by atoms with Gasteiger partial charge < -0.3 is 15.0 Å². The Hall–Kier alpha value is -2.30. The van der Waals surface area contributed by atoms with Gasteiger partial charge >= 0.3 is 0 Å². The van der Waals surface area contributed by atoms with Crippen LogP contribution in [0.3, 0.4) is 0 Å². The van der Waals surface area contributed by atoms with Crippen molar-refractivity contribution in [1.82, 2.24) is 9.97 Å². The number of rotatable bonds is 4. The molecule has 2 aromatic rings.